The summed E-state index contributed by atoms with van der Waals surface area (Å²) in [5.41, 5.74) is 0.751. The van der Waals surface area contributed by atoms with E-state index in [2.05, 4.69) is 0 Å². The van der Waals surface area contributed by atoms with Crippen LogP contribution in [0.25, 0.3) is 0 Å². The predicted octanol–water partition coefficient (Wildman–Crippen LogP) is 2.01. The molecule has 0 aromatic heterocycles. The van der Waals surface area contributed by atoms with Crippen molar-refractivity contribution in [1.82, 2.24) is 0 Å². The molecule has 0 heterocycles. The number of benzene rings is 1. The summed E-state index contributed by atoms with van der Waals surface area (Å²) >= 11 is -1.89. The first kappa shape index (κ1) is 12.3. The Labute approximate surface area is 94.9 Å². The Hall–Kier alpha value is 0.203. The second-order valence-corrected chi connectivity index (χ2v) is 9.50. The van der Waals surface area contributed by atoms with Crippen LogP contribution < -0.4 is 0 Å². The Bertz CT molecular complexity index is 448. The minimum absolute atomic E-state index is 0.141. The van der Waals surface area contributed by atoms with E-state index >= 15 is 0 Å². The molecule has 0 bridgehead atoms. The van der Waals surface area contributed by atoms with Gasteiger partial charge in [0.05, 0.1) is 0 Å². The molecule has 80 valence electrons. The molecule has 0 saturated heterocycles. The molecule has 0 atom stereocenters. The zero-order chi connectivity index (χ0) is 10.8. The van der Waals surface area contributed by atoms with E-state index in [9.17, 15) is 8.42 Å². The van der Waals surface area contributed by atoms with Gasteiger partial charge in [0.2, 0.25) is 0 Å². The monoisotopic (exact) mass is 342 g/mol. The molecule has 0 fully saturated rings. The predicted molar refractivity (Wildman–Crippen MR) is 53.1 cm³/mol. The molecule has 0 aliphatic rings. The van der Waals surface area contributed by atoms with E-state index in [-0.39, 0.29) is 4.90 Å². The summed E-state index contributed by atoms with van der Waals surface area (Å²) in [6.07, 6.45) is 0. The van der Waals surface area contributed by atoms with Crippen molar-refractivity contribution < 1.29 is 26.5 Å². The molecule has 1 aromatic rings. The van der Waals surface area contributed by atoms with Gasteiger partial charge in [0, 0.05) is 0 Å². The van der Waals surface area contributed by atoms with Crippen LogP contribution in [-0.4, -0.2) is 17.6 Å². The fourth-order valence-electron chi connectivity index (χ4n) is 0.797. The van der Waals surface area contributed by atoms with Crippen molar-refractivity contribution >= 4 is 34.1 Å². The zero-order valence-corrected chi connectivity index (χ0v) is 10.7. The van der Waals surface area contributed by atoms with E-state index in [4.69, 9.17) is 23.9 Å². The molecule has 1 aromatic carbocycles. The van der Waals surface area contributed by atoms with E-state index < -0.39 is 23.6 Å². The van der Waals surface area contributed by atoms with Crippen LogP contribution in [0.4, 0.5) is 0 Å². The molecular weight excluding hydrogens is 336 g/mol. The van der Waals surface area contributed by atoms with E-state index in [1.165, 1.54) is 24.3 Å². The molecule has 1 rings (SSSR count). The second-order valence-electron chi connectivity index (χ2n) is 2.35. The van der Waals surface area contributed by atoms with E-state index in [1.807, 2.05) is 0 Å². The Kier molecular flexibility index (Phi) is 4.22. The molecule has 0 aliphatic carbocycles. The molecule has 0 unspecified atom stereocenters. The second kappa shape index (κ2) is 4.82. The van der Waals surface area contributed by atoms with Gasteiger partial charge in [-0.1, -0.05) is 0 Å². The molecule has 0 spiro atoms. The van der Waals surface area contributed by atoms with E-state index in [1.54, 1.807) is 4.61 Å². The molecule has 0 aliphatic heterocycles. The van der Waals surface area contributed by atoms with Gasteiger partial charge in [0.15, 0.2) is 0 Å². The summed E-state index contributed by atoms with van der Waals surface area (Å²) in [6.45, 7) is 0. The van der Waals surface area contributed by atoms with Crippen LogP contribution in [0.1, 0.15) is 5.56 Å². The summed E-state index contributed by atoms with van der Waals surface area (Å²) in [4.78, 5) is -0.141. The summed E-state index contributed by atoms with van der Waals surface area (Å²) in [5.74, 6) is 0. The zero-order valence-electron chi connectivity index (χ0n) is 6.67. The molecule has 0 radical (unpaired) electrons. The summed E-state index contributed by atoms with van der Waals surface area (Å²) in [5, 5.41) is 0. The van der Waals surface area contributed by atoms with Crippen LogP contribution in [0.2, 0.25) is 0 Å². The molecule has 7 heteroatoms. The van der Waals surface area contributed by atoms with Gasteiger partial charge in [0.25, 0.3) is 0 Å². The van der Waals surface area contributed by atoms with Crippen LogP contribution in [0.15, 0.2) is 29.2 Å². The number of rotatable bonds is 2. The molecule has 14 heavy (non-hydrogen) atoms. The van der Waals surface area contributed by atoms with Crippen LogP contribution in [0.5, 0.6) is 0 Å². The van der Waals surface area contributed by atoms with Gasteiger partial charge in [-0.2, -0.15) is 0 Å². The van der Waals surface area contributed by atoms with E-state index in [0.717, 1.165) is 5.56 Å². The summed E-state index contributed by atoms with van der Waals surface area (Å²) < 4.78 is 31.7. The van der Waals surface area contributed by atoms with Crippen molar-refractivity contribution in [3.05, 3.63) is 29.8 Å². The van der Waals surface area contributed by atoms with Crippen LogP contribution in [0.3, 0.4) is 0 Å². The topological polar surface area (TPSA) is 54.4 Å². The molecule has 3 nitrogen and oxygen atoms in total. The molecular formula is C7H6Cl2O3RuS. The van der Waals surface area contributed by atoms with Gasteiger partial charge in [0.1, 0.15) is 0 Å². The minimum atomic E-state index is -4.12. The normalized spacial score (nSPS) is 12.4. The fraction of sp³-hybridized carbons (Fsp3) is 0. The van der Waals surface area contributed by atoms with E-state index in [0.29, 0.717) is 0 Å². The molecule has 0 saturated carbocycles. The third kappa shape index (κ3) is 3.75. The van der Waals surface area contributed by atoms with Crippen molar-refractivity contribution in [2.24, 2.45) is 0 Å². The first-order valence-corrected chi connectivity index (χ1v) is 10.2. The van der Waals surface area contributed by atoms with Gasteiger partial charge < -0.3 is 0 Å². The van der Waals surface area contributed by atoms with Gasteiger partial charge in [-0.3, -0.25) is 0 Å². The molecule has 0 amide bonds. The van der Waals surface area contributed by atoms with Crippen molar-refractivity contribution in [1.29, 1.82) is 0 Å². The van der Waals surface area contributed by atoms with Crippen molar-refractivity contribution in [3.8, 4) is 0 Å². The van der Waals surface area contributed by atoms with Crippen LogP contribution in [-0.2, 0) is 23.6 Å². The first-order valence-electron chi connectivity index (χ1n) is 3.30. The fourth-order valence-corrected chi connectivity index (χ4v) is 3.10. The summed E-state index contributed by atoms with van der Waals surface area (Å²) in [6, 6.07) is 5.67. The molecule has 1 N–H and O–H groups in total. The number of hydrogen-bond donors (Lipinski definition) is 1. The van der Waals surface area contributed by atoms with Crippen molar-refractivity contribution in [3.63, 3.8) is 0 Å². The average Bonchev–Trinajstić information content (AvgIpc) is 2.02. The summed E-state index contributed by atoms with van der Waals surface area (Å²) in [7, 11) is 7.14. The van der Waals surface area contributed by atoms with Crippen LogP contribution >= 0.6 is 19.4 Å². The SMILES string of the molecule is O=S(=O)(O)c1ccc([CH]=[Ru]([Cl])[Cl])cc1. The first-order chi connectivity index (χ1) is 6.39. The Morgan fingerprint density at radius 3 is 2.07 bits per heavy atom. The number of hydrogen-bond acceptors (Lipinski definition) is 2. The maximum atomic E-state index is 10.7. The van der Waals surface area contributed by atoms with Gasteiger partial charge in [-0.05, 0) is 0 Å². The Balaban J connectivity index is 3.08. The average molecular weight is 342 g/mol. The van der Waals surface area contributed by atoms with Gasteiger partial charge >= 0.3 is 95.3 Å². The maximum absolute atomic E-state index is 10.7. The van der Waals surface area contributed by atoms with Gasteiger partial charge in [-0.15, -0.1) is 0 Å². The third-order valence-electron chi connectivity index (χ3n) is 1.37. The quantitative estimate of drug-likeness (QED) is 0.661. The Morgan fingerprint density at radius 2 is 1.71 bits per heavy atom. The third-order valence-corrected chi connectivity index (χ3v) is 4.11. The number of halogens is 2. The Morgan fingerprint density at radius 1 is 1.21 bits per heavy atom. The standard InChI is InChI=1S/C7H6O3S.2ClH.Ru/c1-6-2-4-7(5-3-6)11(8,9)10;;;/h1-5H,(H,8,9,10);2*1H;/q;;;+2/p-2. The van der Waals surface area contributed by atoms with Crippen molar-refractivity contribution in [2.75, 3.05) is 0 Å². The van der Waals surface area contributed by atoms with Gasteiger partial charge in [-0.25, -0.2) is 0 Å². The van der Waals surface area contributed by atoms with Crippen molar-refractivity contribution in [2.45, 2.75) is 4.90 Å². The van der Waals surface area contributed by atoms with Crippen LogP contribution in [0, 0.1) is 0 Å².